The van der Waals surface area contributed by atoms with Gasteiger partial charge in [-0.05, 0) is 55.9 Å². The van der Waals surface area contributed by atoms with Crippen molar-refractivity contribution in [3.05, 3.63) is 46.8 Å². The molecule has 2 aromatic rings. The van der Waals surface area contributed by atoms with Crippen molar-refractivity contribution in [2.75, 3.05) is 0 Å². The van der Waals surface area contributed by atoms with Gasteiger partial charge in [0.25, 0.3) is 0 Å². The molecule has 1 aliphatic carbocycles. The minimum Gasteiger partial charge on any atom is -0.508 e. The van der Waals surface area contributed by atoms with Crippen LogP contribution in [0.3, 0.4) is 0 Å². The molecule has 1 aromatic carbocycles. The third kappa shape index (κ3) is 2.20. The number of aryl methyl sites for hydroxylation is 2. The Balaban J connectivity index is 2.04. The van der Waals surface area contributed by atoms with Crippen LogP contribution in [-0.2, 0) is 19.4 Å². The third-order valence-electron chi connectivity index (χ3n) is 4.03. The number of hydrogen-bond acceptors (Lipinski definition) is 3. The Kier molecular flexibility index (Phi) is 3.49. The fraction of sp³-hybridized carbons (Fsp3) is 0.438. The van der Waals surface area contributed by atoms with Crippen LogP contribution in [0.25, 0.3) is 0 Å². The molecular weight excluding hydrogens is 252 g/mol. The molecule has 0 fully saturated rings. The van der Waals surface area contributed by atoms with E-state index < -0.39 is 6.10 Å². The summed E-state index contributed by atoms with van der Waals surface area (Å²) in [6, 6.07) is 6.75. The highest BCUT2D eigenvalue weighted by molar-refractivity contribution is 5.37. The number of nitrogens with zero attached hydrogens (tertiary/aromatic N) is 2. The topological polar surface area (TPSA) is 58.3 Å². The molecule has 0 saturated carbocycles. The van der Waals surface area contributed by atoms with E-state index in [0.717, 1.165) is 42.8 Å². The van der Waals surface area contributed by atoms with Gasteiger partial charge >= 0.3 is 0 Å². The quantitative estimate of drug-likeness (QED) is 0.903. The molecule has 1 aromatic heterocycles. The summed E-state index contributed by atoms with van der Waals surface area (Å²) >= 11 is 0. The smallest absolute Gasteiger partial charge is 0.121 e. The standard InChI is InChI=1S/C16H20N2O2/c1-2-18-15(13-5-3-4-6-14(13)17-18)16(20)11-7-9-12(19)10-8-11/h7-10,16,19-20H,2-6H2,1H3. The molecule has 4 nitrogen and oxygen atoms in total. The molecule has 2 N–H and O–H groups in total. The normalized spacial score (nSPS) is 15.9. The number of aromatic nitrogens is 2. The molecule has 1 atom stereocenters. The average molecular weight is 272 g/mol. The summed E-state index contributed by atoms with van der Waals surface area (Å²) in [5, 5.41) is 24.7. The van der Waals surface area contributed by atoms with Crippen LogP contribution >= 0.6 is 0 Å². The summed E-state index contributed by atoms with van der Waals surface area (Å²) in [5.41, 5.74) is 4.09. The highest BCUT2D eigenvalue weighted by Crippen LogP contribution is 2.32. The number of aromatic hydroxyl groups is 1. The van der Waals surface area contributed by atoms with Gasteiger partial charge in [-0.15, -0.1) is 0 Å². The Morgan fingerprint density at radius 3 is 2.60 bits per heavy atom. The fourth-order valence-corrected chi connectivity index (χ4v) is 2.99. The van der Waals surface area contributed by atoms with Gasteiger partial charge in [0, 0.05) is 6.54 Å². The molecular formula is C16H20N2O2. The lowest BCUT2D eigenvalue weighted by Crippen LogP contribution is -2.11. The molecule has 0 bridgehead atoms. The largest absolute Gasteiger partial charge is 0.508 e. The fourth-order valence-electron chi connectivity index (χ4n) is 2.99. The molecule has 1 heterocycles. The molecule has 1 aliphatic rings. The Morgan fingerprint density at radius 2 is 1.90 bits per heavy atom. The second kappa shape index (κ2) is 5.29. The van der Waals surface area contributed by atoms with E-state index in [1.165, 1.54) is 12.0 Å². The van der Waals surface area contributed by atoms with Crippen LogP contribution in [-0.4, -0.2) is 20.0 Å². The Hall–Kier alpha value is -1.81. The molecule has 1 unspecified atom stereocenters. The molecule has 4 heteroatoms. The van der Waals surface area contributed by atoms with E-state index in [-0.39, 0.29) is 5.75 Å². The number of phenolic OH excluding ortho intramolecular Hbond substituents is 1. The van der Waals surface area contributed by atoms with Crippen LogP contribution in [0.2, 0.25) is 0 Å². The minimum atomic E-state index is -0.676. The van der Waals surface area contributed by atoms with Crippen molar-refractivity contribution < 1.29 is 10.2 Å². The van der Waals surface area contributed by atoms with E-state index in [1.807, 2.05) is 11.6 Å². The van der Waals surface area contributed by atoms with Crippen molar-refractivity contribution in [2.24, 2.45) is 0 Å². The van der Waals surface area contributed by atoms with Gasteiger partial charge in [-0.25, -0.2) is 0 Å². The third-order valence-corrected chi connectivity index (χ3v) is 4.03. The van der Waals surface area contributed by atoms with Gasteiger partial charge in [0.05, 0.1) is 11.4 Å². The molecule has 0 aliphatic heterocycles. The Bertz CT molecular complexity index is 602. The van der Waals surface area contributed by atoms with E-state index in [2.05, 4.69) is 5.10 Å². The first-order chi connectivity index (χ1) is 9.70. The van der Waals surface area contributed by atoms with Crippen LogP contribution in [0.15, 0.2) is 24.3 Å². The molecule has 0 spiro atoms. The number of phenols is 1. The lowest BCUT2D eigenvalue weighted by atomic mass is 9.92. The van der Waals surface area contributed by atoms with Crippen molar-refractivity contribution in [1.29, 1.82) is 0 Å². The van der Waals surface area contributed by atoms with Crippen molar-refractivity contribution in [3.8, 4) is 5.75 Å². The summed E-state index contributed by atoms with van der Waals surface area (Å²) in [7, 11) is 0. The van der Waals surface area contributed by atoms with Crippen LogP contribution < -0.4 is 0 Å². The summed E-state index contributed by atoms with van der Waals surface area (Å²) in [6.45, 7) is 2.81. The van der Waals surface area contributed by atoms with Gasteiger partial charge < -0.3 is 10.2 Å². The van der Waals surface area contributed by atoms with Crippen molar-refractivity contribution >= 4 is 0 Å². The molecule has 20 heavy (non-hydrogen) atoms. The SMILES string of the molecule is CCn1nc2c(c1C(O)c1ccc(O)cc1)CCCC2. The van der Waals surface area contributed by atoms with Gasteiger partial charge in [0.2, 0.25) is 0 Å². The van der Waals surface area contributed by atoms with Gasteiger partial charge in [-0.2, -0.15) is 5.10 Å². The van der Waals surface area contributed by atoms with Crippen LogP contribution in [0, 0.1) is 0 Å². The van der Waals surface area contributed by atoms with Gasteiger partial charge in [-0.1, -0.05) is 12.1 Å². The predicted octanol–water partition coefficient (Wildman–Crippen LogP) is 2.57. The Labute approximate surface area is 118 Å². The van der Waals surface area contributed by atoms with E-state index in [4.69, 9.17) is 0 Å². The molecule has 3 rings (SSSR count). The maximum Gasteiger partial charge on any atom is 0.121 e. The minimum absolute atomic E-state index is 0.215. The highest BCUT2D eigenvalue weighted by atomic mass is 16.3. The predicted molar refractivity (Wildman–Crippen MR) is 76.7 cm³/mol. The maximum absolute atomic E-state index is 10.7. The van der Waals surface area contributed by atoms with Crippen LogP contribution in [0.4, 0.5) is 0 Å². The summed E-state index contributed by atoms with van der Waals surface area (Å²) < 4.78 is 1.92. The Morgan fingerprint density at radius 1 is 1.20 bits per heavy atom. The van der Waals surface area contributed by atoms with E-state index in [9.17, 15) is 10.2 Å². The first-order valence-corrected chi connectivity index (χ1v) is 7.26. The summed E-state index contributed by atoms with van der Waals surface area (Å²) in [4.78, 5) is 0. The zero-order valence-electron chi connectivity index (χ0n) is 11.7. The number of benzene rings is 1. The number of hydrogen-bond donors (Lipinski definition) is 2. The lowest BCUT2D eigenvalue weighted by Gasteiger charge is -2.17. The number of fused-ring (bicyclic) bond motifs is 1. The van der Waals surface area contributed by atoms with Crippen molar-refractivity contribution in [2.45, 2.75) is 45.3 Å². The number of rotatable bonds is 3. The summed E-state index contributed by atoms with van der Waals surface area (Å²) in [6.07, 6.45) is 3.68. The first-order valence-electron chi connectivity index (χ1n) is 7.26. The highest BCUT2D eigenvalue weighted by Gasteiger charge is 2.25. The number of aliphatic hydroxyl groups excluding tert-OH is 1. The van der Waals surface area contributed by atoms with Gasteiger partial charge in [-0.3, -0.25) is 4.68 Å². The lowest BCUT2D eigenvalue weighted by molar-refractivity contribution is 0.206. The van der Waals surface area contributed by atoms with Gasteiger partial charge in [0.15, 0.2) is 0 Å². The zero-order valence-corrected chi connectivity index (χ0v) is 11.7. The van der Waals surface area contributed by atoms with Gasteiger partial charge in [0.1, 0.15) is 11.9 Å². The van der Waals surface area contributed by atoms with E-state index in [1.54, 1.807) is 24.3 Å². The van der Waals surface area contributed by atoms with E-state index >= 15 is 0 Å². The monoisotopic (exact) mass is 272 g/mol. The summed E-state index contributed by atoms with van der Waals surface area (Å²) in [5.74, 6) is 0.215. The van der Waals surface area contributed by atoms with E-state index in [0.29, 0.717) is 0 Å². The van der Waals surface area contributed by atoms with Crippen molar-refractivity contribution in [3.63, 3.8) is 0 Å². The average Bonchev–Trinajstić information content (AvgIpc) is 2.85. The number of aliphatic hydroxyl groups is 1. The zero-order chi connectivity index (χ0) is 14.1. The van der Waals surface area contributed by atoms with Crippen LogP contribution in [0.1, 0.15) is 48.4 Å². The second-order valence-electron chi connectivity index (χ2n) is 5.33. The molecule has 0 saturated heterocycles. The molecule has 0 radical (unpaired) electrons. The second-order valence-corrected chi connectivity index (χ2v) is 5.33. The van der Waals surface area contributed by atoms with Crippen LogP contribution in [0.5, 0.6) is 5.75 Å². The maximum atomic E-state index is 10.7. The first kappa shape index (κ1) is 13.2. The molecule has 0 amide bonds. The van der Waals surface area contributed by atoms with Crippen molar-refractivity contribution in [1.82, 2.24) is 9.78 Å². The molecule has 106 valence electrons.